The lowest BCUT2D eigenvalue weighted by atomic mass is 10.3. The lowest BCUT2D eigenvalue weighted by Crippen LogP contribution is -2.28. The number of methoxy groups -OCH3 is 1. The Bertz CT molecular complexity index is 284. The molecule has 0 spiro atoms. The first-order chi connectivity index (χ1) is 6.22. The van der Waals surface area contributed by atoms with Gasteiger partial charge in [0.2, 0.25) is 0 Å². The Hall–Kier alpha value is -1.91. The fourth-order valence-electron chi connectivity index (χ4n) is 0.803. The molecular formula is C8H10N3O2. The van der Waals surface area contributed by atoms with E-state index in [0.29, 0.717) is 5.69 Å². The highest BCUT2D eigenvalue weighted by Crippen LogP contribution is 2.13. The van der Waals surface area contributed by atoms with Gasteiger partial charge in [-0.15, -0.1) is 0 Å². The standard InChI is InChI=1S/C8H10N3O2/c1-13-7-4-2-6(3-5-7)10-11-8(9)12/h2-5,9-10H,1H3,(H,11,12). The number of benzene rings is 1. The molecule has 1 rings (SSSR count). The second-order valence-electron chi connectivity index (χ2n) is 2.31. The van der Waals surface area contributed by atoms with Crippen molar-refractivity contribution in [3.8, 4) is 5.75 Å². The molecule has 0 heterocycles. The van der Waals surface area contributed by atoms with Crippen LogP contribution in [0.2, 0.25) is 0 Å². The van der Waals surface area contributed by atoms with Crippen molar-refractivity contribution < 1.29 is 9.53 Å². The van der Waals surface area contributed by atoms with E-state index in [1.54, 1.807) is 31.4 Å². The van der Waals surface area contributed by atoms with E-state index in [1.165, 1.54) is 0 Å². The molecule has 0 aliphatic carbocycles. The minimum absolute atomic E-state index is 0.696. The number of rotatable bonds is 3. The fraction of sp³-hybridized carbons (Fsp3) is 0.125. The molecule has 0 aromatic heterocycles. The van der Waals surface area contributed by atoms with Crippen LogP contribution in [0.25, 0.3) is 0 Å². The molecule has 1 aromatic carbocycles. The monoisotopic (exact) mass is 180 g/mol. The lowest BCUT2D eigenvalue weighted by Gasteiger charge is -2.05. The van der Waals surface area contributed by atoms with Crippen molar-refractivity contribution in [3.63, 3.8) is 0 Å². The summed E-state index contributed by atoms with van der Waals surface area (Å²) in [5.41, 5.74) is 12.0. The van der Waals surface area contributed by atoms with Gasteiger partial charge in [-0.25, -0.2) is 10.5 Å². The first-order valence-corrected chi connectivity index (χ1v) is 3.64. The molecule has 1 radical (unpaired) electrons. The van der Waals surface area contributed by atoms with Crippen molar-refractivity contribution in [2.45, 2.75) is 0 Å². The molecule has 5 heteroatoms. The Balaban J connectivity index is 2.54. The minimum atomic E-state index is -0.879. The maximum Gasteiger partial charge on any atom is 0.352 e. The molecule has 0 saturated carbocycles. The maximum absolute atomic E-state index is 10.2. The number of anilines is 1. The molecule has 0 fully saturated rings. The summed E-state index contributed by atoms with van der Waals surface area (Å²) in [6.45, 7) is 0. The van der Waals surface area contributed by atoms with Crippen LogP contribution in [0.3, 0.4) is 0 Å². The Labute approximate surface area is 75.8 Å². The van der Waals surface area contributed by atoms with Gasteiger partial charge in [0.15, 0.2) is 0 Å². The van der Waals surface area contributed by atoms with E-state index in [0.717, 1.165) is 5.75 Å². The quantitative estimate of drug-likeness (QED) is 0.682. The van der Waals surface area contributed by atoms with Crippen molar-refractivity contribution in [1.29, 1.82) is 0 Å². The second-order valence-corrected chi connectivity index (χ2v) is 2.31. The van der Waals surface area contributed by atoms with Gasteiger partial charge in [0, 0.05) is 0 Å². The van der Waals surface area contributed by atoms with Crippen molar-refractivity contribution in [2.75, 3.05) is 12.5 Å². The molecule has 0 aliphatic heterocycles. The van der Waals surface area contributed by atoms with Gasteiger partial charge in [0.1, 0.15) is 5.75 Å². The summed E-state index contributed by atoms with van der Waals surface area (Å²) in [5.74, 6) is 0.739. The van der Waals surface area contributed by atoms with Crippen LogP contribution in [0.5, 0.6) is 5.75 Å². The highest BCUT2D eigenvalue weighted by Gasteiger charge is 1.94. The normalized spacial score (nSPS) is 9.00. The van der Waals surface area contributed by atoms with Crippen LogP contribution in [-0.2, 0) is 0 Å². The van der Waals surface area contributed by atoms with Crippen LogP contribution in [0.15, 0.2) is 24.3 Å². The van der Waals surface area contributed by atoms with Crippen LogP contribution in [0.1, 0.15) is 0 Å². The number of nitrogens with one attached hydrogen (secondary N) is 3. The number of hydrogen-bond donors (Lipinski definition) is 2. The predicted octanol–water partition coefficient (Wildman–Crippen LogP) is 1.01. The highest BCUT2D eigenvalue weighted by molar-refractivity contribution is 5.72. The number of carbonyl (C=O) groups is 1. The summed E-state index contributed by atoms with van der Waals surface area (Å²) in [5, 5.41) is 0. The molecule has 13 heavy (non-hydrogen) atoms. The molecule has 0 atom stereocenters. The molecule has 0 saturated heterocycles. The number of hydrazine groups is 1. The zero-order valence-electron chi connectivity index (χ0n) is 7.13. The lowest BCUT2D eigenvalue weighted by molar-refractivity contribution is 0.249. The van der Waals surface area contributed by atoms with E-state index in [4.69, 9.17) is 10.5 Å². The van der Waals surface area contributed by atoms with E-state index in [1.807, 2.05) is 0 Å². The van der Waals surface area contributed by atoms with Gasteiger partial charge in [-0.05, 0) is 24.3 Å². The largest absolute Gasteiger partial charge is 0.497 e. The molecule has 3 N–H and O–H groups in total. The second kappa shape index (κ2) is 4.20. The van der Waals surface area contributed by atoms with Gasteiger partial charge in [0.25, 0.3) is 0 Å². The van der Waals surface area contributed by atoms with Crippen LogP contribution in [0, 0.1) is 0 Å². The number of hydrogen-bond acceptors (Lipinski definition) is 3. The van der Waals surface area contributed by atoms with Gasteiger partial charge in [-0.3, -0.25) is 10.9 Å². The SMILES string of the molecule is COc1ccc(NNC([NH])=O)cc1. The molecule has 0 bridgehead atoms. The van der Waals surface area contributed by atoms with Gasteiger partial charge in [-0.1, -0.05) is 0 Å². The zero-order chi connectivity index (χ0) is 9.68. The topological polar surface area (TPSA) is 74.2 Å². The number of amides is 2. The smallest absolute Gasteiger partial charge is 0.352 e. The van der Waals surface area contributed by atoms with Gasteiger partial charge >= 0.3 is 6.03 Å². The van der Waals surface area contributed by atoms with Crippen molar-refractivity contribution in [2.24, 2.45) is 0 Å². The van der Waals surface area contributed by atoms with Crippen LogP contribution >= 0.6 is 0 Å². The highest BCUT2D eigenvalue weighted by atomic mass is 16.5. The summed E-state index contributed by atoms with van der Waals surface area (Å²) in [4.78, 5) is 10.2. The van der Waals surface area contributed by atoms with E-state index >= 15 is 0 Å². The summed E-state index contributed by atoms with van der Waals surface area (Å²) in [6.07, 6.45) is 0. The Kier molecular flexibility index (Phi) is 2.97. The predicted molar refractivity (Wildman–Crippen MR) is 48.2 cm³/mol. The Morgan fingerprint density at radius 3 is 2.46 bits per heavy atom. The summed E-state index contributed by atoms with van der Waals surface area (Å²) < 4.78 is 4.94. The third kappa shape index (κ3) is 2.90. The summed E-state index contributed by atoms with van der Waals surface area (Å²) in [6, 6.07) is 6.08. The van der Waals surface area contributed by atoms with Crippen molar-refractivity contribution in [3.05, 3.63) is 24.3 Å². The van der Waals surface area contributed by atoms with E-state index in [2.05, 4.69) is 10.9 Å². The molecule has 0 aliphatic rings. The fourth-order valence-corrected chi connectivity index (χ4v) is 0.803. The van der Waals surface area contributed by atoms with Crippen molar-refractivity contribution >= 4 is 11.7 Å². The molecule has 1 aromatic rings. The first-order valence-electron chi connectivity index (χ1n) is 3.64. The van der Waals surface area contributed by atoms with Gasteiger partial charge in [-0.2, -0.15) is 0 Å². The average Bonchev–Trinajstić information content (AvgIpc) is 2.15. The average molecular weight is 180 g/mol. The molecule has 2 amide bonds. The minimum Gasteiger partial charge on any atom is -0.497 e. The maximum atomic E-state index is 10.2. The zero-order valence-corrected chi connectivity index (χ0v) is 7.13. The molecule has 5 nitrogen and oxygen atoms in total. The van der Waals surface area contributed by atoms with Crippen molar-refractivity contribution in [1.82, 2.24) is 11.2 Å². The van der Waals surface area contributed by atoms with E-state index in [9.17, 15) is 4.79 Å². The van der Waals surface area contributed by atoms with Crippen LogP contribution in [0.4, 0.5) is 10.5 Å². The van der Waals surface area contributed by atoms with E-state index < -0.39 is 6.03 Å². The number of urea groups is 1. The van der Waals surface area contributed by atoms with Gasteiger partial charge < -0.3 is 4.74 Å². The third-order valence-corrected chi connectivity index (χ3v) is 1.41. The number of ether oxygens (including phenoxy) is 1. The number of carbonyl (C=O) groups excluding carboxylic acids is 1. The molecular weight excluding hydrogens is 170 g/mol. The third-order valence-electron chi connectivity index (χ3n) is 1.41. The van der Waals surface area contributed by atoms with Gasteiger partial charge in [0.05, 0.1) is 12.8 Å². The Morgan fingerprint density at radius 2 is 2.00 bits per heavy atom. The summed E-state index contributed by atoms with van der Waals surface area (Å²) in [7, 11) is 1.58. The van der Waals surface area contributed by atoms with Crippen LogP contribution < -0.4 is 21.3 Å². The van der Waals surface area contributed by atoms with Crippen LogP contribution in [-0.4, -0.2) is 13.1 Å². The summed E-state index contributed by atoms with van der Waals surface area (Å²) >= 11 is 0. The molecule has 69 valence electrons. The van der Waals surface area contributed by atoms with E-state index in [-0.39, 0.29) is 0 Å². The first kappa shape index (κ1) is 9.18. The Morgan fingerprint density at radius 1 is 1.38 bits per heavy atom. The molecule has 0 unspecified atom stereocenters.